The van der Waals surface area contributed by atoms with Crippen molar-refractivity contribution in [3.63, 3.8) is 0 Å². The van der Waals surface area contributed by atoms with Crippen molar-refractivity contribution in [2.24, 2.45) is 0 Å². The Bertz CT molecular complexity index is 520. The number of rotatable bonds is 8. The topological polar surface area (TPSA) is 26.3 Å². The number of ether oxygens (including phenoxy) is 1. The molecule has 0 amide bonds. The lowest BCUT2D eigenvalue weighted by molar-refractivity contribution is 0.269. The summed E-state index contributed by atoms with van der Waals surface area (Å²) in [6.07, 6.45) is 4.12. The van der Waals surface area contributed by atoms with Crippen molar-refractivity contribution < 1.29 is 9.53 Å². The number of hydrogen-bond donors (Lipinski definition) is 0. The summed E-state index contributed by atoms with van der Waals surface area (Å²) in [4.78, 5) is 9.91. The number of aryl methyl sites for hydroxylation is 1. The molecule has 0 saturated heterocycles. The van der Waals surface area contributed by atoms with E-state index in [1.54, 1.807) is 0 Å². The van der Waals surface area contributed by atoms with Gasteiger partial charge in [-0.1, -0.05) is 54.6 Å². The minimum atomic E-state index is 0.476. The van der Waals surface area contributed by atoms with Crippen LogP contribution in [0.3, 0.4) is 0 Å². The van der Waals surface area contributed by atoms with Gasteiger partial charge in [0, 0.05) is 0 Å². The van der Waals surface area contributed by atoms with Crippen molar-refractivity contribution in [1.82, 2.24) is 0 Å². The summed E-state index contributed by atoms with van der Waals surface area (Å²) in [6, 6.07) is 19.0. The summed E-state index contributed by atoms with van der Waals surface area (Å²) in [5.74, 6) is 0. The van der Waals surface area contributed by atoms with Gasteiger partial charge in [0.2, 0.25) is 0 Å². The molecule has 0 bridgehead atoms. The fourth-order valence-electron chi connectivity index (χ4n) is 2.35. The second kappa shape index (κ2) is 8.16. The van der Waals surface area contributed by atoms with E-state index in [2.05, 4.69) is 53.3 Å². The monoisotopic (exact) mass is 267 g/mol. The van der Waals surface area contributed by atoms with Gasteiger partial charge in [0.15, 0.2) is 0 Å². The molecule has 2 aromatic carbocycles. The van der Waals surface area contributed by atoms with Gasteiger partial charge in [-0.15, -0.1) is 0 Å². The molecule has 0 spiro atoms. The Morgan fingerprint density at radius 2 is 1.60 bits per heavy atom. The molecular weight excluding hydrogens is 248 g/mol. The summed E-state index contributed by atoms with van der Waals surface area (Å²) < 4.78 is 4.57. The maximum absolute atomic E-state index is 9.91. The molecule has 0 fully saturated rings. The van der Waals surface area contributed by atoms with Crippen LogP contribution in [0.1, 0.15) is 24.8 Å². The van der Waals surface area contributed by atoms with Gasteiger partial charge >= 0.3 is 6.47 Å². The molecule has 0 saturated carbocycles. The van der Waals surface area contributed by atoms with Gasteiger partial charge in [-0.25, -0.2) is 4.79 Å². The highest BCUT2D eigenvalue weighted by Crippen LogP contribution is 2.24. The van der Waals surface area contributed by atoms with E-state index in [0.29, 0.717) is 6.61 Å². The van der Waals surface area contributed by atoms with Crippen LogP contribution in [-0.2, 0) is 16.0 Å². The maximum atomic E-state index is 9.91. The fraction of sp³-hybridized carbons (Fsp3) is 0.278. The number of unbranched alkanes of at least 4 members (excludes halogenated alkanes) is 2. The molecule has 0 atom stereocenters. The summed E-state index contributed by atoms with van der Waals surface area (Å²) in [5.41, 5.74) is 3.95. The lowest BCUT2D eigenvalue weighted by Gasteiger charge is -2.09. The van der Waals surface area contributed by atoms with Crippen LogP contribution >= 0.6 is 0 Å². The molecule has 0 aromatic heterocycles. The van der Waals surface area contributed by atoms with Crippen LogP contribution in [0.5, 0.6) is 0 Å². The second-order valence-corrected chi connectivity index (χ2v) is 4.77. The maximum Gasteiger partial charge on any atom is 0.417 e. The lowest BCUT2D eigenvalue weighted by Crippen LogP contribution is -1.94. The molecule has 2 aromatic rings. The first kappa shape index (κ1) is 14.3. The van der Waals surface area contributed by atoms with Gasteiger partial charge in [-0.05, 0) is 42.4 Å². The molecule has 2 rings (SSSR count). The SMILES string of the molecule is O=[C]OCCCCCc1ccccc1-c1ccccc1. The van der Waals surface area contributed by atoms with Crippen LogP contribution in [-0.4, -0.2) is 13.1 Å². The fourth-order valence-corrected chi connectivity index (χ4v) is 2.35. The molecule has 2 nitrogen and oxygen atoms in total. The third-order valence-corrected chi connectivity index (χ3v) is 3.35. The largest absolute Gasteiger partial charge is 0.457 e. The first-order chi connectivity index (χ1) is 9.92. The number of benzene rings is 2. The highest BCUT2D eigenvalue weighted by molar-refractivity contribution is 5.67. The molecule has 20 heavy (non-hydrogen) atoms. The predicted octanol–water partition coefficient (Wildman–Crippen LogP) is 4.15. The van der Waals surface area contributed by atoms with Crippen molar-refractivity contribution in [2.75, 3.05) is 6.61 Å². The predicted molar refractivity (Wildman–Crippen MR) is 81.1 cm³/mol. The smallest absolute Gasteiger partial charge is 0.417 e. The number of carbonyl (C=O) groups excluding carboxylic acids is 1. The molecule has 0 N–H and O–H groups in total. The molecule has 0 aliphatic carbocycles. The first-order valence-electron chi connectivity index (χ1n) is 7.04. The van der Waals surface area contributed by atoms with Gasteiger partial charge < -0.3 is 4.74 Å². The Labute approximate surface area is 120 Å². The Morgan fingerprint density at radius 3 is 2.40 bits per heavy atom. The van der Waals surface area contributed by atoms with E-state index >= 15 is 0 Å². The van der Waals surface area contributed by atoms with Crippen LogP contribution in [0.2, 0.25) is 0 Å². The van der Waals surface area contributed by atoms with Gasteiger partial charge in [-0.3, -0.25) is 0 Å². The van der Waals surface area contributed by atoms with Crippen LogP contribution in [0.4, 0.5) is 0 Å². The molecule has 0 heterocycles. The summed E-state index contributed by atoms with van der Waals surface area (Å²) in [7, 11) is 0. The normalized spacial score (nSPS) is 10.2. The lowest BCUT2D eigenvalue weighted by atomic mass is 9.96. The average Bonchev–Trinajstić information content (AvgIpc) is 2.52. The van der Waals surface area contributed by atoms with Gasteiger partial charge in [-0.2, -0.15) is 0 Å². The molecule has 1 radical (unpaired) electrons. The Kier molecular flexibility index (Phi) is 5.84. The van der Waals surface area contributed by atoms with Gasteiger partial charge in [0.1, 0.15) is 0 Å². The van der Waals surface area contributed by atoms with E-state index in [1.807, 2.05) is 6.07 Å². The van der Waals surface area contributed by atoms with Crippen molar-refractivity contribution >= 4 is 6.47 Å². The Morgan fingerprint density at radius 1 is 0.850 bits per heavy atom. The molecule has 0 unspecified atom stereocenters. The van der Waals surface area contributed by atoms with E-state index in [-0.39, 0.29) is 0 Å². The third-order valence-electron chi connectivity index (χ3n) is 3.35. The highest BCUT2D eigenvalue weighted by Gasteiger charge is 2.03. The van der Waals surface area contributed by atoms with E-state index < -0.39 is 0 Å². The van der Waals surface area contributed by atoms with Crippen LogP contribution in [0, 0.1) is 0 Å². The zero-order valence-electron chi connectivity index (χ0n) is 11.5. The van der Waals surface area contributed by atoms with Crippen LogP contribution in [0.15, 0.2) is 54.6 Å². The van der Waals surface area contributed by atoms with Crippen molar-refractivity contribution in [1.29, 1.82) is 0 Å². The Hall–Kier alpha value is -2.09. The summed E-state index contributed by atoms with van der Waals surface area (Å²) >= 11 is 0. The molecule has 103 valence electrons. The van der Waals surface area contributed by atoms with Crippen LogP contribution in [0.25, 0.3) is 11.1 Å². The number of hydrogen-bond acceptors (Lipinski definition) is 2. The Balaban J connectivity index is 1.93. The van der Waals surface area contributed by atoms with E-state index in [1.165, 1.54) is 23.2 Å². The van der Waals surface area contributed by atoms with Crippen LogP contribution < -0.4 is 0 Å². The molecule has 0 aliphatic heterocycles. The van der Waals surface area contributed by atoms with E-state index in [9.17, 15) is 4.79 Å². The van der Waals surface area contributed by atoms with E-state index in [4.69, 9.17) is 0 Å². The van der Waals surface area contributed by atoms with Crippen molar-refractivity contribution in [3.8, 4) is 11.1 Å². The van der Waals surface area contributed by atoms with Gasteiger partial charge in [0.05, 0.1) is 6.61 Å². The summed E-state index contributed by atoms with van der Waals surface area (Å²) in [5, 5.41) is 0. The zero-order chi connectivity index (χ0) is 14.0. The zero-order valence-corrected chi connectivity index (χ0v) is 11.5. The van der Waals surface area contributed by atoms with E-state index in [0.717, 1.165) is 25.7 Å². The minimum absolute atomic E-state index is 0.476. The van der Waals surface area contributed by atoms with Crippen molar-refractivity contribution in [2.45, 2.75) is 25.7 Å². The molecular formula is C18H19O2. The van der Waals surface area contributed by atoms with Gasteiger partial charge in [0.25, 0.3) is 0 Å². The third kappa shape index (κ3) is 4.23. The molecule has 0 aliphatic rings. The second-order valence-electron chi connectivity index (χ2n) is 4.77. The quantitative estimate of drug-likeness (QED) is 0.672. The standard InChI is InChI=1S/C18H19O2/c19-15-20-14-8-2-5-11-17-12-6-7-13-18(17)16-9-3-1-4-10-16/h1,3-4,6-7,9-10,12-13H,2,5,8,11,14H2. The average molecular weight is 267 g/mol. The first-order valence-corrected chi connectivity index (χ1v) is 7.04. The van der Waals surface area contributed by atoms with Crippen molar-refractivity contribution in [3.05, 3.63) is 60.2 Å². The minimum Gasteiger partial charge on any atom is -0.457 e. The summed E-state index contributed by atoms with van der Waals surface area (Å²) in [6.45, 7) is 1.93. The highest BCUT2D eigenvalue weighted by atomic mass is 16.5. The molecule has 2 heteroatoms.